The van der Waals surface area contributed by atoms with Crippen molar-refractivity contribution < 1.29 is 9.84 Å². The molecule has 0 bridgehead atoms. The summed E-state index contributed by atoms with van der Waals surface area (Å²) in [5.74, 6) is 1.60. The van der Waals surface area contributed by atoms with Crippen LogP contribution in [0.15, 0.2) is 5.03 Å². The standard InChI is InChI=1S/C10H17N3O2S2/c1-2-3-4-16-10-9(12-17-13-10)15-8-6-11-5-7(8)14/h7-8,11,14H,2-6H2,1H3/t7-,8-/m0/s1. The first-order valence-corrected chi connectivity index (χ1v) is 7.53. The summed E-state index contributed by atoms with van der Waals surface area (Å²) in [5.41, 5.74) is 0. The van der Waals surface area contributed by atoms with E-state index in [1.165, 1.54) is 6.42 Å². The molecule has 7 heteroatoms. The molecule has 0 spiro atoms. The Balaban J connectivity index is 1.89. The molecule has 2 rings (SSSR count). The maximum atomic E-state index is 9.65. The second kappa shape index (κ2) is 6.53. The Kier molecular flexibility index (Phi) is 5.02. The number of nitrogens with zero attached hydrogens (tertiary/aromatic N) is 2. The smallest absolute Gasteiger partial charge is 0.260 e. The van der Waals surface area contributed by atoms with Gasteiger partial charge in [-0.1, -0.05) is 25.1 Å². The van der Waals surface area contributed by atoms with Crippen LogP contribution in [0.4, 0.5) is 0 Å². The molecule has 2 heterocycles. The number of aromatic nitrogens is 2. The second-order valence-electron chi connectivity index (χ2n) is 3.96. The van der Waals surface area contributed by atoms with Crippen molar-refractivity contribution in [1.29, 1.82) is 0 Å². The van der Waals surface area contributed by atoms with E-state index >= 15 is 0 Å². The van der Waals surface area contributed by atoms with Crippen LogP contribution in [-0.2, 0) is 0 Å². The van der Waals surface area contributed by atoms with Gasteiger partial charge in [0.2, 0.25) is 0 Å². The molecule has 1 aromatic heterocycles. The molecule has 96 valence electrons. The Morgan fingerprint density at radius 1 is 1.53 bits per heavy atom. The minimum atomic E-state index is -0.454. The van der Waals surface area contributed by atoms with Crippen molar-refractivity contribution in [1.82, 2.24) is 14.1 Å². The lowest BCUT2D eigenvalue weighted by atomic mass is 10.3. The van der Waals surface area contributed by atoms with Gasteiger partial charge in [-0.3, -0.25) is 0 Å². The van der Waals surface area contributed by atoms with E-state index in [4.69, 9.17) is 4.74 Å². The average molecular weight is 275 g/mol. The number of hydrogen-bond acceptors (Lipinski definition) is 7. The fourth-order valence-corrected chi connectivity index (χ4v) is 3.16. The number of nitrogens with one attached hydrogen (secondary N) is 1. The van der Waals surface area contributed by atoms with Gasteiger partial charge in [-0.2, -0.15) is 4.37 Å². The molecule has 1 fully saturated rings. The summed E-state index contributed by atoms with van der Waals surface area (Å²) in [6.07, 6.45) is 1.68. The van der Waals surface area contributed by atoms with Gasteiger partial charge in [-0.05, 0) is 12.2 Å². The normalized spacial score (nSPS) is 24.1. The highest BCUT2D eigenvalue weighted by atomic mass is 32.2. The first-order valence-electron chi connectivity index (χ1n) is 5.82. The molecule has 1 aliphatic rings. The summed E-state index contributed by atoms with van der Waals surface area (Å²) in [6.45, 7) is 3.41. The third-order valence-corrected chi connectivity index (χ3v) is 4.22. The summed E-state index contributed by atoms with van der Waals surface area (Å²) >= 11 is 2.83. The number of thioether (sulfide) groups is 1. The van der Waals surface area contributed by atoms with Crippen molar-refractivity contribution >= 4 is 23.5 Å². The predicted molar refractivity (Wildman–Crippen MR) is 68.8 cm³/mol. The Hall–Kier alpha value is -0.370. The molecule has 0 radical (unpaired) electrons. The van der Waals surface area contributed by atoms with Crippen molar-refractivity contribution in [2.45, 2.75) is 37.0 Å². The average Bonchev–Trinajstić information content (AvgIpc) is 2.91. The van der Waals surface area contributed by atoms with Crippen LogP contribution in [0.25, 0.3) is 0 Å². The molecule has 1 saturated heterocycles. The molecule has 0 amide bonds. The van der Waals surface area contributed by atoms with E-state index in [9.17, 15) is 5.11 Å². The predicted octanol–water partition coefficient (Wildman–Crippen LogP) is 1.14. The van der Waals surface area contributed by atoms with Crippen LogP contribution in [0.3, 0.4) is 0 Å². The first kappa shape index (κ1) is 13.1. The Morgan fingerprint density at radius 2 is 2.41 bits per heavy atom. The third kappa shape index (κ3) is 3.54. The molecule has 1 aromatic rings. The van der Waals surface area contributed by atoms with Crippen LogP contribution in [0, 0.1) is 0 Å². The Bertz CT molecular complexity index is 348. The monoisotopic (exact) mass is 275 g/mol. The SMILES string of the molecule is CCCCSc1nsnc1O[C@H]1CNC[C@@H]1O. The van der Waals surface area contributed by atoms with E-state index in [-0.39, 0.29) is 6.10 Å². The highest BCUT2D eigenvalue weighted by Gasteiger charge is 2.28. The van der Waals surface area contributed by atoms with Crippen molar-refractivity contribution in [2.24, 2.45) is 0 Å². The highest BCUT2D eigenvalue weighted by Crippen LogP contribution is 2.29. The molecule has 0 unspecified atom stereocenters. The summed E-state index contributed by atoms with van der Waals surface area (Å²) in [6, 6.07) is 0. The first-order chi connectivity index (χ1) is 8.31. The van der Waals surface area contributed by atoms with Gasteiger partial charge in [0.15, 0.2) is 5.03 Å². The van der Waals surface area contributed by atoms with Gasteiger partial charge in [0.25, 0.3) is 5.88 Å². The maximum Gasteiger partial charge on any atom is 0.260 e. The minimum absolute atomic E-state index is 0.204. The molecule has 1 aliphatic heterocycles. The topological polar surface area (TPSA) is 67.3 Å². The van der Waals surface area contributed by atoms with Gasteiger partial charge < -0.3 is 15.2 Å². The van der Waals surface area contributed by atoms with E-state index in [2.05, 4.69) is 21.0 Å². The van der Waals surface area contributed by atoms with Crippen molar-refractivity contribution in [3.63, 3.8) is 0 Å². The number of hydrogen-bond donors (Lipinski definition) is 2. The van der Waals surface area contributed by atoms with E-state index in [0.29, 0.717) is 19.0 Å². The van der Waals surface area contributed by atoms with E-state index in [1.807, 2.05) is 0 Å². The van der Waals surface area contributed by atoms with Gasteiger partial charge in [0.1, 0.15) is 12.2 Å². The molecule has 17 heavy (non-hydrogen) atoms. The highest BCUT2D eigenvalue weighted by molar-refractivity contribution is 7.99. The summed E-state index contributed by atoms with van der Waals surface area (Å²) in [5, 5.41) is 13.6. The molecule has 5 nitrogen and oxygen atoms in total. The molecule has 0 aromatic carbocycles. The van der Waals surface area contributed by atoms with Gasteiger partial charge >= 0.3 is 0 Å². The number of β-amino-alcohol motifs (C(OH)–C–C–N with tert-alkyl or cyclic N) is 1. The van der Waals surface area contributed by atoms with Crippen LogP contribution in [0.1, 0.15) is 19.8 Å². The molecular formula is C10H17N3O2S2. The van der Waals surface area contributed by atoms with E-state index in [1.54, 1.807) is 11.8 Å². The molecule has 0 saturated carbocycles. The number of aliphatic hydroxyl groups is 1. The molecular weight excluding hydrogens is 258 g/mol. The fraction of sp³-hybridized carbons (Fsp3) is 0.800. The van der Waals surface area contributed by atoms with Crippen molar-refractivity contribution in [2.75, 3.05) is 18.8 Å². The zero-order valence-electron chi connectivity index (χ0n) is 9.76. The lowest BCUT2D eigenvalue weighted by molar-refractivity contribution is 0.0691. The molecule has 0 aliphatic carbocycles. The second-order valence-corrected chi connectivity index (χ2v) is 5.57. The van der Waals surface area contributed by atoms with Crippen LogP contribution in [0.5, 0.6) is 5.88 Å². The largest absolute Gasteiger partial charge is 0.468 e. The number of rotatable bonds is 6. The number of ether oxygens (including phenoxy) is 1. The zero-order valence-corrected chi connectivity index (χ0v) is 11.4. The van der Waals surface area contributed by atoms with Gasteiger partial charge in [-0.15, -0.1) is 4.37 Å². The summed E-state index contributed by atoms with van der Waals surface area (Å²) < 4.78 is 14.1. The van der Waals surface area contributed by atoms with E-state index < -0.39 is 6.10 Å². The van der Waals surface area contributed by atoms with Crippen LogP contribution >= 0.6 is 23.5 Å². The summed E-state index contributed by atoms with van der Waals surface area (Å²) in [7, 11) is 0. The third-order valence-electron chi connectivity index (χ3n) is 2.56. The quantitative estimate of drug-likeness (QED) is 0.599. The van der Waals surface area contributed by atoms with Crippen molar-refractivity contribution in [3.8, 4) is 5.88 Å². The summed E-state index contributed by atoms with van der Waals surface area (Å²) in [4.78, 5) is 0. The number of aliphatic hydroxyl groups excluding tert-OH is 1. The Labute approximate surface area is 109 Å². The van der Waals surface area contributed by atoms with Crippen LogP contribution in [-0.4, -0.2) is 44.9 Å². The van der Waals surface area contributed by atoms with E-state index in [0.717, 1.165) is 28.9 Å². The number of unbranched alkanes of at least 4 members (excludes halogenated alkanes) is 1. The van der Waals surface area contributed by atoms with Crippen LogP contribution < -0.4 is 10.1 Å². The molecule has 2 N–H and O–H groups in total. The van der Waals surface area contributed by atoms with Gasteiger partial charge in [0.05, 0.1) is 11.7 Å². The van der Waals surface area contributed by atoms with Crippen LogP contribution in [0.2, 0.25) is 0 Å². The molecule has 2 atom stereocenters. The van der Waals surface area contributed by atoms with Gasteiger partial charge in [0, 0.05) is 13.1 Å². The lowest BCUT2D eigenvalue weighted by Crippen LogP contribution is -2.30. The maximum absolute atomic E-state index is 9.65. The fourth-order valence-electron chi connectivity index (χ4n) is 1.55. The van der Waals surface area contributed by atoms with Gasteiger partial charge in [-0.25, -0.2) is 0 Å². The Morgan fingerprint density at radius 3 is 3.12 bits per heavy atom. The van der Waals surface area contributed by atoms with Crippen molar-refractivity contribution in [3.05, 3.63) is 0 Å². The lowest BCUT2D eigenvalue weighted by Gasteiger charge is -2.14. The zero-order chi connectivity index (χ0) is 12.1. The minimum Gasteiger partial charge on any atom is -0.468 e.